The molecule has 126 valence electrons. The number of alkyl halides is 3. The summed E-state index contributed by atoms with van der Waals surface area (Å²) in [4.78, 5) is 3.69. The van der Waals surface area contributed by atoms with Gasteiger partial charge in [0.2, 0.25) is 5.88 Å². The number of nitrogens with zero attached hydrogens (tertiary/aromatic N) is 1. The molecule has 0 atom stereocenters. The van der Waals surface area contributed by atoms with Crippen LogP contribution in [0.1, 0.15) is 26.3 Å². The van der Waals surface area contributed by atoms with Crippen LogP contribution in [0.3, 0.4) is 0 Å². The van der Waals surface area contributed by atoms with Crippen molar-refractivity contribution in [3.63, 3.8) is 0 Å². The highest BCUT2D eigenvalue weighted by Gasteiger charge is 2.37. The Morgan fingerprint density at radius 3 is 2.23 bits per heavy atom. The summed E-state index contributed by atoms with van der Waals surface area (Å²) in [7, 11) is -1.85. The molecule has 0 aliphatic rings. The second kappa shape index (κ2) is 6.88. The van der Waals surface area contributed by atoms with Gasteiger partial charge in [0, 0.05) is 6.20 Å². The highest BCUT2D eigenvalue weighted by molar-refractivity contribution is 9.10. The minimum atomic E-state index is -4.42. The average molecular weight is 400 g/mol. The lowest BCUT2D eigenvalue weighted by Crippen LogP contribution is -2.41. The molecule has 0 amide bonds. The van der Waals surface area contributed by atoms with Gasteiger partial charge in [0.1, 0.15) is 6.61 Å². The van der Waals surface area contributed by atoms with Crippen molar-refractivity contribution in [1.82, 2.24) is 4.98 Å². The van der Waals surface area contributed by atoms with Crippen molar-refractivity contribution in [2.45, 2.75) is 45.1 Å². The summed E-state index contributed by atoms with van der Waals surface area (Å²) in [6.07, 6.45) is -3.66. The van der Waals surface area contributed by atoms with Gasteiger partial charge in [0.15, 0.2) is 8.32 Å². The van der Waals surface area contributed by atoms with Crippen molar-refractivity contribution in [2.75, 3.05) is 13.2 Å². The van der Waals surface area contributed by atoms with Crippen LogP contribution in [-0.2, 0) is 10.6 Å². The van der Waals surface area contributed by atoms with E-state index in [0.717, 1.165) is 12.3 Å². The van der Waals surface area contributed by atoms with Gasteiger partial charge in [-0.25, -0.2) is 4.98 Å². The predicted molar refractivity (Wildman–Crippen MR) is 85.6 cm³/mol. The van der Waals surface area contributed by atoms with E-state index in [2.05, 4.69) is 54.8 Å². The number of hydrogen-bond acceptors (Lipinski definition) is 3. The molecule has 3 nitrogen and oxygen atoms in total. The lowest BCUT2D eigenvalue weighted by molar-refractivity contribution is -0.137. The van der Waals surface area contributed by atoms with Crippen molar-refractivity contribution in [1.29, 1.82) is 0 Å². The van der Waals surface area contributed by atoms with Gasteiger partial charge in [-0.2, -0.15) is 13.2 Å². The Labute approximate surface area is 138 Å². The van der Waals surface area contributed by atoms with Crippen LogP contribution in [0.25, 0.3) is 0 Å². The summed E-state index contributed by atoms with van der Waals surface area (Å²) in [6, 6.07) is 0.955. The van der Waals surface area contributed by atoms with Crippen LogP contribution in [0.2, 0.25) is 18.1 Å². The summed E-state index contributed by atoms with van der Waals surface area (Å²) in [6.45, 7) is 11.3. The number of hydrogen-bond donors (Lipinski definition) is 0. The topological polar surface area (TPSA) is 31.4 Å². The first-order valence-electron chi connectivity index (χ1n) is 6.84. The Morgan fingerprint density at radius 1 is 1.18 bits per heavy atom. The fraction of sp³-hybridized carbons (Fsp3) is 0.643. The summed E-state index contributed by atoms with van der Waals surface area (Å²) >= 11 is 3.04. The average Bonchev–Trinajstić information content (AvgIpc) is 2.33. The Balaban J connectivity index is 2.57. The Hall–Kier alpha value is -0.603. The Bertz CT molecular complexity index is 516. The zero-order valence-corrected chi connectivity index (χ0v) is 15.9. The monoisotopic (exact) mass is 399 g/mol. The van der Waals surface area contributed by atoms with Crippen LogP contribution in [0.15, 0.2) is 16.7 Å². The highest BCUT2D eigenvalue weighted by atomic mass is 79.9. The summed E-state index contributed by atoms with van der Waals surface area (Å²) in [5, 5.41) is 0.0974. The van der Waals surface area contributed by atoms with Crippen LogP contribution in [0.5, 0.6) is 5.88 Å². The number of rotatable bonds is 5. The zero-order chi connectivity index (χ0) is 17.2. The maximum atomic E-state index is 12.5. The third-order valence-electron chi connectivity index (χ3n) is 3.73. The molecule has 8 heteroatoms. The molecule has 0 spiro atoms. The quantitative estimate of drug-likeness (QED) is 0.499. The van der Waals surface area contributed by atoms with Crippen LogP contribution in [-0.4, -0.2) is 26.5 Å². The van der Waals surface area contributed by atoms with Crippen LogP contribution in [0, 0.1) is 0 Å². The van der Waals surface area contributed by atoms with Gasteiger partial charge in [-0.1, -0.05) is 20.8 Å². The smallest absolute Gasteiger partial charge is 0.417 e. The minimum absolute atomic E-state index is 0.0974. The lowest BCUT2D eigenvalue weighted by Gasteiger charge is -2.36. The van der Waals surface area contributed by atoms with Crippen LogP contribution in [0.4, 0.5) is 13.2 Å². The molecule has 0 saturated heterocycles. The van der Waals surface area contributed by atoms with E-state index in [1.54, 1.807) is 0 Å². The van der Waals surface area contributed by atoms with Gasteiger partial charge in [0.05, 0.1) is 16.6 Å². The third-order valence-corrected chi connectivity index (χ3v) is 8.83. The highest BCUT2D eigenvalue weighted by Crippen LogP contribution is 2.36. The standard InChI is InChI=1S/C14H21BrF3NO2Si/c1-13(2,3)22(4,5)21-7-6-20-12-11(15)8-10(9-19-12)14(16,17)18/h8-9H,6-7H2,1-5H3. The number of pyridine rings is 1. The first-order chi connectivity index (χ1) is 9.84. The zero-order valence-electron chi connectivity index (χ0n) is 13.3. The molecule has 1 heterocycles. The summed E-state index contributed by atoms with van der Waals surface area (Å²) in [5.74, 6) is 0.131. The predicted octanol–water partition coefficient (Wildman–Crippen LogP) is 5.26. The molecule has 0 aliphatic carbocycles. The lowest BCUT2D eigenvalue weighted by atomic mass is 10.2. The maximum absolute atomic E-state index is 12.5. The molecule has 0 N–H and O–H groups in total. The molecule has 0 saturated carbocycles. The van der Waals surface area contributed by atoms with E-state index in [-0.39, 0.29) is 22.0 Å². The van der Waals surface area contributed by atoms with Gasteiger partial charge in [-0.3, -0.25) is 0 Å². The van der Waals surface area contributed by atoms with Gasteiger partial charge < -0.3 is 9.16 Å². The van der Waals surface area contributed by atoms with Gasteiger partial charge in [-0.15, -0.1) is 0 Å². The molecule has 0 aliphatic heterocycles. The molecular weight excluding hydrogens is 379 g/mol. The van der Waals surface area contributed by atoms with Gasteiger partial charge in [0.25, 0.3) is 0 Å². The van der Waals surface area contributed by atoms with Crippen molar-refractivity contribution in [3.05, 3.63) is 22.3 Å². The number of aromatic nitrogens is 1. The fourth-order valence-corrected chi connectivity index (χ4v) is 2.83. The number of halogens is 4. The molecule has 0 bridgehead atoms. The fourth-order valence-electron chi connectivity index (χ4n) is 1.34. The molecule has 0 radical (unpaired) electrons. The van der Waals surface area contributed by atoms with E-state index >= 15 is 0 Å². The Kier molecular flexibility index (Phi) is 6.08. The van der Waals surface area contributed by atoms with Gasteiger partial charge >= 0.3 is 6.18 Å². The van der Waals surface area contributed by atoms with Crippen molar-refractivity contribution in [3.8, 4) is 5.88 Å². The van der Waals surface area contributed by atoms with E-state index < -0.39 is 20.1 Å². The normalized spacial score (nSPS) is 13.3. The van der Waals surface area contributed by atoms with E-state index in [0.29, 0.717) is 6.61 Å². The van der Waals surface area contributed by atoms with Crippen LogP contribution >= 0.6 is 15.9 Å². The van der Waals surface area contributed by atoms with E-state index in [4.69, 9.17) is 9.16 Å². The molecule has 1 rings (SSSR count). The molecule has 0 unspecified atom stereocenters. The second-order valence-electron chi connectivity index (χ2n) is 6.47. The third kappa shape index (κ3) is 5.24. The largest absolute Gasteiger partial charge is 0.474 e. The first kappa shape index (κ1) is 19.4. The number of ether oxygens (including phenoxy) is 1. The van der Waals surface area contributed by atoms with E-state index in [1.165, 1.54) is 0 Å². The molecular formula is C14H21BrF3NO2Si. The molecule has 1 aromatic rings. The molecule has 0 aromatic carbocycles. The molecule has 1 aromatic heterocycles. The van der Waals surface area contributed by atoms with Crippen molar-refractivity contribution < 1.29 is 22.3 Å². The summed E-state index contributed by atoms with van der Waals surface area (Å²) in [5.41, 5.74) is -0.816. The van der Waals surface area contributed by atoms with E-state index in [9.17, 15) is 13.2 Å². The first-order valence-corrected chi connectivity index (χ1v) is 10.5. The van der Waals surface area contributed by atoms with Crippen molar-refractivity contribution >= 4 is 24.2 Å². The SMILES string of the molecule is CC(C)(C)[Si](C)(C)OCCOc1ncc(C(F)(F)F)cc1Br. The minimum Gasteiger partial charge on any atom is -0.474 e. The van der Waals surface area contributed by atoms with Crippen LogP contribution < -0.4 is 4.74 Å². The van der Waals surface area contributed by atoms with Crippen molar-refractivity contribution in [2.24, 2.45) is 0 Å². The molecule has 0 fully saturated rings. The Morgan fingerprint density at radius 2 is 1.77 bits per heavy atom. The van der Waals surface area contributed by atoms with Gasteiger partial charge in [-0.05, 0) is 40.1 Å². The summed E-state index contributed by atoms with van der Waals surface area (Å²) < 4.78 is 49.1. The second-order valence-corrected chi connectivity index (χ2v) is 12.1. The van der Waals surface area contributed by atoms with E-state index in [1.807, 2.05) is 0 Å². The molecule has 22 heavy (non-hydrogen) atoms. The maximum Gasteiger partial charge on any atom is 0.417 e.